The number of sulfonamides is 1. The third kappa shape index (κ3) is 2.87. The van der Waals surface area contributed by atoms with E-state index in [0.717, 1.165) is 32.4 Å². The van der Waals surface area contributed by atoms with Crippen molar-refractivity contribution in [2.75, 3.05) is 18.8 Å². The normalized spacial score (nSPS) is 26.2. The van der Waals surface area contributed by atoms with E-state index in [1.54, 1.807) is 0 Å². The van der Waals surface area contributed by atoms with E-state index in [1.165, 1.54) is 12.1 Å². The van der Waals surface area contributed by atoms with Crippen molar-refractivity contribution in [3.63, 3.8) is 0 Å². The molecule has 2 aliphatic heterocycles. The van der Waals surface area contributed by atoms with Gasteiger partial charge in [-0.25, -0.2) is 13.1 Å². The molecule has 1 aromatic carbocycles. The number of fused-ring (bicyclic) bond motifs is 1. The van der Waals surface area contributed by atoms with E-state index in [9.17, 15) is 8.42 Å². The zero-order chi connectivity index (χ0) is 15.2. The lowest BCUT2D eigenvalue weighted by atomic mass is 10.1. The quantitative estimate of drug-likeness (QED) is 0.819. The van der Waals surface area contributed by atoms with Crippen LogP contribution < -0.4 is 10.5 Å². The summed E-state index contributed by atoms with van der Waals surface area (Å²) in [5.41, 5.74) is 5.86. The third-order valence-electron chi connectivity index (χ3n) is 4.22. The van der Waals surface area contributed by atoms with Crippen molar-refractivity contribution in [2.45, 2.75) is 36.2 Å². The van der Waals surface area contributed by atoms with Gasteiger partial charge in [-0.15, -0.1) is 0 Å². The molecular formula is C13H17Cl2N3O2S. The molecule has 2 fully saturated rings. The summed E-state index contributed by atoms with van der Waals surface area (Å²) in [5, 5.41) is 0.369. The Morgan fingerprint density at radius 2 is 2.00 bits per heavy atom. The van der Waals surface area contributed by atoms with Crippen molar-refractivity contribution in [1.29, 1.82) is 0 Å². The van der Waals surface area contributed by atoms with Gasteiger partial charge in [-0.3, -0.25) is 4.90 Å². The van der Waals surface area contributed by atoms with Crippen LogP contribution in [-0.2, 0) is 10.0 Å². The van der Waals surface area contributed by atoms with Crippen LogP contribution in [0, 0.1) is 0 Å². The Morgan fingerprint density at radius 3 is 2.71 bits per heavy atom. The third-order valence-corrected chi connectivity index (χ3v) is 6.45. The summed E-state index contributed by atoms with van der Waals surface area (Å²) in [4.78, 5) is 2.25. The SMILES string of the molecule is Nc1cc(Cl)cc(Cl)c1S(=O)(=O)NC1CCN2CCCC12. The molecule has 3 rings (SSSR count). The number of anilines is 1. The average molecular weight is 350 g/mol. The summed E-state index contributed by atoms with van der Waals surface area (Å²) in [6, 6.07) is 3.00. The number of nitrogen functional groups attached to an aromatic ring is 1. The maximum Gasteiger partial charge on any atom is 0.244 e. The topological polar surface area (TPSA) is 75.4 Å². The van der Waals surface area contributed by atoms with E-state index < -0.39 is 10.0 Å². The van der Waals surface area contributed by atoms with Gasteiger partial charge in [0.1, 0.15) is 4.90 Å². The van der Waals surface area contributed by atoms with Crippen LogP contribution >= 0.6 is 23.2 Å². The number of halogens is 2. The molecule has 0 aromatic heterocycles. The summed E-state index contributed by atoms with van der Waals surface area (Å²) in [7, 11) is -3.75. The van der Waals surface area contributed by atoms with Crippen LogP contribution in [0.3, 0.4) is 0 Å². The van der Waals surface area contributed by atoms with Gasteiger partial charge in [-0.05, 0) is 37.9 Å². The number of rotatable bonds is 3. The second kappa shape index (κ2) is 5.59. The van der Waals surface area contributed by atoms with Gasteiger partial charge in [0.2, 0.25) is 10.0 Å². The van der Waals surface area contributed by atoms with E-state index in [0.29, 0.717) is 5.02 Å². The van der Waals surface area contributed by atoms with Gasteiger partial charge in [-0.2, -0.15) is 0 Å². The molecule has 0 spiro atoms. The van der Waals surface area contributed by atoms with E-state index in [2.05, 4.69) is 9.62 Å². The molecule has 0 aliphatic carbocycles. The van der Waals surface area contributed by atoms with Crippen LogP contribution in [0.4, 0.5) is 5.69 Å². The van der Waals surface area contributed by atoms with Crippen LogP contribution in [0.5, 0.6) is 0 Å². The van der Waals surface area contributed by atoms with E-state index >= 15 is 0 Å². The molecule has 0 amide bonds. The molecular weight excluding hydrogens is 333 g/mol. The summed E-state index contributed by atoms with van der Waals surface area (Å²) < 4.78 is 28.0. The Hall–Kier alpha value is -0.530. The maximum atomic E-state index is 12.6. The molecule has 0 radical (unpaired) electrons. The molecule has 21 heavy (non-hydrogen) atoms. The first kappa shape index (κ1) is 15.4. The lowest BCUT2D eigenvalue weighted by Crippen LogP contribution is -2.42. The Bertz CT molecular complexity index is 642. The lowest BCUT2D eigenvalue weighted by molar-refractivity contribution is 0.309. The Kier molecular flexibility index (Phi) is 4.09. The molecule has 2 unspecified atom stereocenters. The van der Waals surface area contributed by atoms with Gasteiger partial charge in [0, 0.05) is 23.7 Å². The smallest absolute Gasteiger partial charge is 0.244 e. The Labute approximate surface area is 134 Å². The number of nitrogens with two attached hydrogens (primary N) is 1. The van der Waals surface area contributed by atoms with Crippen LogP contribution in [0.25, 0.3) is 0 Å². The highest BCUT2D eigenvalue weighted by Crippen LogP contribution is 2.33. The molecule has 2 heterocycles. The first-order valence-corrected chi connectivity index (χ1v) is 9.13. The van der Waals surface area contributed by atoms with Crippen molar-refractivity contribution in [2.24, 2.45) is 0 Å². The highest BCUT2D eigenvalue weighted by molar-refractivity contribution is 7.89. The predicted molar refractivity (Wildman–Crippen MR) is 84.2 cm³/mol. The summed E-state index contributed by atoms with van der Waals surface area (Å²) >= 11 is 11.9. The number of nitrogens with one attached hydrogen (secondary N) is 1. The summed E-state index contributed by atoms with van der Waals surface area (Å²) in [6.07, 6.45) is 2.96. The van der Waals surface area contributed by atoms with Crippen LogP contribution in [-0.4, -0.2) is 38.5 Å². The molecule has 116 valence electrons. The molecule has 8 heteroatoms. The van der Waals surface area contributed by atoms with E-state index in [-0.39, 0.29) is 27.7 Å². The van der Waals surface area contributed by atoms with Crippen molar-refractivity contribution in [3.8, 4) is 0 Å². The fourth-order valence-corrected chi connectivity index (χ4v) is 5.63. The molecule has 2 atom stereocenters. The number of benzene rings is 1. The van der Waals surface area contributed by atoms with Gasteiger partial charge >= 0.3 is 0 Å². The summed E-state index contributed by atoms with van der Waals surface area (Å²) in [5.74, 6) is 0. The van der Waals surface area contributed by atoms with Gasteiger partial charge in [0.15, 0.2) is 0 Å². The molecule has 2 saturated heterocycles. The predicted octanol–water partition coefficient (Wildman–Crippen LogP) is 2.09. The first-order chi connectivity index (χ1) is 9.88. The van der Waals surface area contributed by atoms with Gasteiger partial charge < -0.3 is 5.73 Å². The minimum atomic E-state index is -3.75. The Balaban J connectivity index is 1.88. The van der Waals surface area contributed by atoms with Crippen molar-refractivity contribution < 1.29 is 8.42 Å². The van der Waals surface area contributed by atoms with Gasteiger partial charge in [0.25, 0.3) is 0 Å². The van der Waals surface area contributed by atoms with E-state index in [1.807, 2.05) is 0 Å². The molecule has 3 N–H and O–H groups in total. The first-order valence-electron chi connectivity index (χ1n) is 6.89. The van der Waals surface area contributed by atoms with Crippen LogP contribution in [0.1, 0.15) is 19.3 Å². The number of hydrogen-bond donors (Lipinski definition) is 2. The van der Waals surface area contributed by atoms with Crippen molar-refractivity contribution in [3.05, 3.63) is 22.2 Å². The molecule has 1 aromatic rings. The number of hydrogen-bond acceptors (Lipinski definition) is 4. The monoisotopic (exact) mass is 349 g/mol. The molecule has 2 aliphatic rings. The largest absolute Gasteiger partial charge is 0.398 e. The van der Waals surface area contributed by atoms with Crippen molar-refractivity contribution in [1.82, 2.24) is 9.62 Å². The van der Waals surface area contributed by atoms with Gasteiger partial charge in [-0.1, -0.05) is 23.2 Å². The van der Waals surface area contributed by atoms with Crippen LogP contribution in [0.2, 0.25) is 10.0 Å². The minimum Gasteiger partial charge on any atom is -0.398 e. The molecule has 5 nitrogen and oxygen atoms in total. The lowest BCUT2D eigenvalue weighted by Gasteiger charge is -2.22. The molecule has 0 bridgehead atoms. The van der Waals surface area contributed by atoms with E-state index in [4.69, 9.17) is 28.9 Å². The zero-order valence-electron chi connectivity index (χ0n) is 11.4. The summed E-state index contributed by atoms with van der Waals surface area (Å²) in [6.45, 7) is 1.98. The van der Waals surface area contributed by atoms with Crippen LogP contribution in [0.15, 0.2) is 17.0 Å². The zero-order valence-corrected chi connectivity index (χ0v) is 13.7. The average Bonchev–Trinajstić information content (AvgIpc) is 2.92. The maximum absolute atomic E-state index is 12.6. The second-order valence-corrected chi connectivity index (χ2v) is 8.06. The van der Waals surface area contributed by atoms with Crippen molar-refractivity contribution >= 4 is 38.9 Å². The van der Waals surface area contributed by atoms with Gasteiger partial charge in [0.05, 0.1) is 10.7 Å². The minimum absolute atomic E-state index is 0.0498. The number of nitrogens with zero attached hydrogens (tertiary/aromatic N) is 1. The highest BCUT2D eigenvalue weighted by atomic mass is 35.5. The molecule has 0 saturated carbocycles. The fourth-order valence-electron chi connectivity index (χ4n) is 3.34. The highest BCUT2D eigenvalue weighted by Gasteiger charge is 2.39. The fraction of sp³-hybridized carbons (Fsp3) is 0.538. The second-order valence-electron chi connectivity index (χ2n) is 5.57. The Morgan fingerprint density at radius 1 is 1.24 bits per heavy atom. The standard InChI is InChI=1S/C13H17Cl2N3O2S/c14-8-6-9(15)13(10(16)7-8)21(19,20)17-11-3-5-18-4-1-2-12(11)18/h6-7,11-12,17H,1-5,16H2.